The molecule has 0 aliphatic heterocycles. The van der Waals surface area contributed by atoms with Crippen molar-refractivity contribution in [1.29, 1.82) is 0 Å². The minimum Gasteiger partial charge on any atom is -0.481 e. The van der Waals surface area contributed by atoms with Crippen LogP contribution < -0.4 is 10.6 Å². The molecule has 1 fully saturated rings. The van der Waals surface area contributed by atoms with Crippen molar-refractivity contribution in [3.05, 3.63) is 28.2 Å². The topological polar surface area (TPSA) is 78.4 Å². The van der Waals surface area contributed by atoms with Gasteiger partial charge < -0.3 is 15.7 Å². The van der Waals surface area contributed by atoms with Crippen LogP contribution in [0.2, 0.25) is 10.0 Å². The Balaban J connectivity index is 1.87. The lowest BCUT2D eigenvalue weighted by atomic mass is 9.86. The molecule has 3 N–H and O–H groups in total. The van der Waals surface area contributed by atoms with Crippen molar-refractivity contribution in [3.63, 3.8) is 0 Å². The molecule has 0 radical (unpaired) electrons. The standard InChI is InChI=1S/C14H16Cl2N2O3/c15-10-2-1-3-11(16)12(10)18-14(21)17-9-6-4-8(5-7-9)13(19)20/h1-3,8-9H,4-7H2,(H,19,20)(H2,17,18,21). The molecule has 114 valence electrons. The van der Waals surface area contributed by atoms with Crippen LogP contribution in [-0.4, -0.2) is 23.1 Å². The number of aliphatic carboxylic acids is 1. The number of hydrogen-bond donors (Lipinski definition) is 3. The van der Waals surface area contributed by atoms with E-state index in [1.165, 1.54) is 0 Å². The fraction of sp³-hybridized carbons (Fsp3) is 0.429. The quantitative estimate of drug-likeness (QED) is 0.789. The molecular weight excluding hydrogens is 315 g/mol. The van der Waals surface area contributed by atoms with E-state index in [1.54, 1.807) is 18.2 Å². The summed E-state index contributed by atoms with van der Waals surface area (Å²) in [4.78, 5) is 22.8. The van der Waals surface area contributed by atoms with Gasteiger partial charge in [-0.1, -0.05) is 29.3 Å². The van der Waals surface area contributed by atoms with Gasteiger partial charge in [0.25, 0.3) is 0 Å². The summed E-state index contributed by atoms with van der Waals surface area (Å²) < 4.78 is 0. The average Bonchev–Trinajstić information content (AvgIpc) is 2.43. The van der Waals surface area contributed by atoms with Crippen molar-refractivity contribution in [2.24, 2.45) is 5.92 Å². The van der Waals surface area contributed by atoms with Gasteiger partial charge in [-0.15, -0.1) is 0 Å². The maximum atomic E-state index is 11.9. The van der Waals surface area contributed by atoms with E-state index in [9.17, 15) is 9.59 Å². The van der Waals surface area contributed by atoms with Crippen LogP contribution in [0.4, 0.5) is 10.5 Å². The van der Waals surface area contributed by atoms with Gasteiger partial charge in [-0.25, -0.2) is 4.79 Å². The van der Waals surface area contributed by atoms with Gasteiger partial charge in [-0.05, 0) is 37.8 Å². The van der Waals surface area contributed by atoms with Crippen LogP contribution in [0.25, 0.3) is 0 Å². The highest BCUT2D eigenvalue weighted by molar-refractivity contribution is 6.39. The molecule has 1 aliphatic carbocycles. The molecule has 7 heteroatoms. The Labute approximate surface area is 132 Å². The number of carbonyl (C=O) groups excluding carboxylic acids is 1. The summed E-state index contributed by atoms with van der Waals surface area (Å²) in [6, 6.07) is 4.56. The number of anilines is 1. The molecule has 0 spiro atoms. The average molecular weight is 331 g/mol. The van der Waals surface area contributed by atoms with Crippen LogP contribution in [0.1, 0.15) is 25.7 Å². The van der Waals surface area contributed by atoms with Gasteiger partial charge in [-0.3, -0.25) is 4.79 Å². The van der Waals surface area contributed by atoms with Crippen LogP contribution in [0, 0.1) is 5.92 Å². The molecule has 2 amide bonds. The molecule has 0 atom stereocenters. The van der Waals surface area contributed by atoms with E-state index in [0.717, 1.165) is 0 Å². The Morgan fingerprint density at radius 2 is 1.67 bits per heavy atom. The molecule has 0 unspecified atom stereocenters. The summed E-state index contributed by atoms with van der Waals surface area (Å²) in [7, 11) is 0. The van der Waals surface area contributed by atoms with Crippen molar-refractivity contribution in [2.45, 2.75) is 31.7 Å². The number of nitrogens with one attached hydrogen (secondary N) is 2. The first-order valence-corrected chi connectivity index (χ1v) is 7.47. The molecule has 5 nitrogen and oxygen atoms in total. The van der Waals surface area contributed by atoms with Crippen LogP contribution >= 0.6 is 23.2 Å². The molecular formula is C14H16Cl2N2O3. The fourth-order valence-corrected chi connectivity index (χ4v) is 2.93. The number of carbonyl (C=O) groups is 2. The zero-order valence-electron chi connectivity index (χ0n) is 11.2. The number of benzene rings is 1. The lowest BCUT2D eigenvalue weighted by Gasteiger charge is -2.27. The first-order chi connectivity index (χ1) is 9.97. The molecule has 0 saturated heterocycles. The van der Waals surface area contributed by atoms with Crippen LogP contribution in [0.15, 0.2) is 18.2 Å². The number of rotatable bonds is 3. The molecule has 1 aromatic carbocycles. The molecule has 0 aromatic heterocycles. The summed E-state index contributed by atoms with van der Waals surface area (Å²) in [6.45, 7) is 0. The number of para-hydroxylation sites is 1. The Hall–Kier alpha value is -1.46. The molecule has 2 rings (SSSR count). The summed E-state index contributed by atoms with van der Waals surface area (Å²) in [5.41, 5.74) is 0.373. The third-order valence-corrected chi connectivity index (χ3v) is 4.24. The van der Waals surface area contributed by atoms with Crippen LogP contribution in [0.5, 0.6) is 0 Å². The first kappa shape index (κ1) is 15.9. The second-order valence-corrected chi connectivity index (χ2v) is 5.90. The van der Waals surface area contributed by atoms with Crippen LogP contribution in [-0.2, 0) is 4.79 Å². The van der Waals surface area contributed by atoms with E-state index in [0.29, 0.717) is 41.4 Å². The molecule has 1 saturated carbocycles. The van der Waals surface area contributed by atoms with Crippen molar-refractivity contribution < 1.29 is 14.7 Å². The van der Waals surface area contributed by atoms with Gasteiger partial charge in [0.2, 0.25) is 0 Å². The van der Waals surface area contributed by atoms with Gasteiger partial charge in [-0.2, -0.15) is 0 Å². The maximum Gasteiger partial charge on any atom is 0.319 e. The molecule has 0 bridgehead atoms. The van der Waals surface area contributed by atoms with Crippen molar-refractivity contribution in [1.82, 2.24) is 5.32 Å². The van der Waals surface area contributed by atoms with E-state index in [4.69, 9.17) is 28.3 Å². The van der Waals surface area contributed by atoms with Crippen molar-refractivity contribution >= 4 is 40.9 Å². The number of hydrogen-bond acceptors (Lipinski definition) is 2. The van der Waals surface area contributed by atoms with Crippen LogP contribution in [0.3, 0.4) is 0 Å². The van der Waals surface area contributed by atoms with Crippen molar-refractivity contribution in [3.8, 4) is 0 Å². The number of halogens is 2. The third kappa shape index (κ3) is 4.25. The summed E-state index contributed by atoms with van der Waals surface area (Å²) >= 11 is 12.0. The second kappa shape index (κ2) is 7.00. The van der Waals surface area contributed by atoms with Gasteiger partial charge >= 0.3 is 12.0 Å². The van der Waals surface area contributed by atoms with E-state index in [1.807, 2.05) is 0 Å². The monoisotopic (exact) mass is 330 g/mol. The fourth-order valence-electron chi connectivity index (χ4n) is 2.44. The molecule has 1 aliphatic rings. The minimum absolute atomic E-state index is 0.0261. The third-order valence-electron chi connectivity index (χ3n) is 3.61. The van der Waals surface area contributed by atoms with E-state index in [2.05, 4.69) is 10.6 Å². The van der Waals surface area contributed by atoms with Gasteiger partial charge in [0.1, 0.15) is 0 Å². The van der Waals surface area contributed by atoms with Gasteiger partial charge in [0.15, 0.2) is 0 Å². The Morgan fingerprint density at radius 1 is 1.10 bits per heavy atom. The number of carboxylic acids is 1. The zero-order valence-corrected chi connectivity index (χ0v) is 12.7. The first-order valence-electron chi connectivity index (χ1n) is 6.71. The molecule has 1 aromatic rings. The van der Waals surface area contributed by atoms with E-state index < -0.39 is 5.97 Å². The minimum atomic E-state index is -0.763. The molecule has 21 heavy (non-hydrogen) atoms. The SMILES string of the molecule is O=C(Nc1c(Cl)cccc1Cl)NC1CCC(C(=O)O)CC1. The highest BCUT2D eigenvalue weighted by Gasteiger charge is 2.26. The highest BCUT2D eigenvalue weighted by atomic mass is 35.5. The summed E-state index contributed by atoms with van der Waals surface area (Å²) in [5, 5.41) is 15.1. The second-order valence-electron chi connectivity index (χ2n) is 5.08. The van der Waals surface area contributed by atoms with Crippen molar-refractivity contribution in [2.75, 3.05) is 5.32 Å². The molecule has 0 heterocycles. The Bertz CT molecular complexity index is 523. The lowest BCUT2D eigenvalue weighted by Crippen LogP contribution is -2.41. The zero-order chi connectivity index (χ0) is 15.4. The van der Waals surface area contributed by atoms with E-state index in [-0.39, 0.29) is 18.0 Å². The Kier molecular flexibility index (Phi) is 5.31. The smallest absolute Gasteiger partial charge is 0.319 e. The predicted molar refractivity (Wildman–Crippen MR) is 82.0 cm³/mol. The normalized spacial score (nSPS) is 21.6. The predicted octanol–water partition coefficient (Wildman–Crippen LogP) is 3.76. The highest BCUT2D eigenvalue weighted by Crippen LogP contribution is 2.30. The maximum absolute atomic E-state index is 11.9. The Morgan fingerprint density at radius 3 is 2.19 bits per heavy atom. The largest absolute Gasteiger partial charge is 0.481 e. The van der Waals surface area contributed by atoms with Gasteiger partial charge in [0, 0.05) is 6.04 Å². The van der Waals surface area contributed by atoms with E-state index >= 15 is 0 Å². The number of urea groups is 1. The summed E-state index contributed by atoms with van der Waals surface area (Å²) in [5.74, 6) is -1.06. The number of amides is 2. The summed E-state index contributed by atoms with van der Waals surface area (Å²) in [6.07, 6.45) is 2.46. The lowest BCUT2D eigenvalue weighted by molar-refractivity contribution is -0.142. The number of carboxylic acid groups (broad SMARTS) is 1. The van der Waals surface area contributed by atoms with Gasteiger partial charge in [0.05, 0.1) is 21.7 Å².